The quantitative estimate of drug-likeness (QED) is 0.301. The molecule has 0 aliphatic carbocycles. The lowest BCUT2D eigenvalue weighted by atomic mass is 10.0. The average Bonchev–Trinajstić information content (AvgIpc) is 3.24. The van der Waals surface area contributed by atoms with Crippen molar-refractivity contribution in [1.29, 1.82) is 0 Å². The van der Waals surface area contributed by atoms with Gasteiger partial charge >= 0.3 is 0 Å². The van der Waals surface area contributed by atoms with E-state index in [1.165, 1.54) is 58.4 Å². The molecule has 0 fully saturated rings. The molecule has 0 atom stereocenters. The minimum absolute atomic E-state index is 0.903. The van der Waals surface area contributed by atoms with Crippen LogP contribution in [0.15, 0.2) is 57.4 Å². The van der Waals surface area contributed by atoms with Gasteiger partial charge in [0.05, 0.1) is 0 Å². The Balaban J connectivity index is 1.64. The molecule has 5 aromatic rings. The summed E-state index contributed by atoms with van der Waals surface area (Å²) >= 11 is 0. The van der Waals surface area contributed by atoms with E-state index in [0.717, 1.165) is 35.2 Å². The average molecular weight is 370 g/mol. The highest BCUT2D eigenvalue weighted by molar-refractivity contribution is 6.15. The highest BCUT2D eigenvalue weighted by atomic mass is 16.3. The molecule has 0 saturated carbocycles. The molecule has 0 aliphatic rings. The summed E-state index contributed by atoms with van der Waals surface area (Å²) in [5, 5.41) is 4.71. The van der Waals surface area contributed by atoms with E-state index in [0.29, 0.717) is 0 Å². The fourth-order valence-corrected chi connectivity index (χ4v) is 4.21. The molecule has 0 saturated heterocycles. The Labute approximate surface area is 165 Å². The number of fused-ring (bicyclic) bond motifs is 6. The SMILES string of the molecule is CCCCc1ccc2c(c1)oc1cc3oc4cc(CCCC)ccc4c3cc12. The third kappa shape index (κ3) is 2.88. The van der Waals surface area contributed by atoms with E-state index < -0.39 is 0 Å². The van der Waals surface area contributed by atoms with Gasteiger partial charge in [-0.3, -0.25) is 0 Å². The molecule has 0 radical (unpaired) electrons. The maximum absolute atomic E-state index is 6.19. The molecule has 0 amide bonds. The second kappa shape index (κ2) is 7.01. The van der Waals surface area contributed by atoms with Gasteiger partial charge in [0.15, 0.2) is 0 Å². The van der Waals surface area contributed by atoms with Crippen LogP contribution in [0.4, 0.5) is 0 Å². The second-order valence-corrected chi connectivity index (χ2v) is 7.92. The van der Waals surface area contributed by atoms with Crippen molar-refractivity contribution in [3.8, 4) is 0 Å². The zero-order valence-electron chi connectivity index (χ0n) is 16.7. The highest BCUT2D eigenvalue weighted by Gasteiger charge is 2.14. The van der Waals surface area contributed by atoms with Crippen molar-refractivity contribution >= 4 is 43.9 Å². The van der Waals surface area contributed by atoms with Gasteiger partial charge in [0, 0.05) is 27.6 Å². The van der Waals surface area contributed by atoms with Crippen LogP contribution in [0.25, 0.3) is 43.9 Å². The fraction of sp³-hybridized carbons (Fsp3) is 0.308. The van der Waals surface area contributed by atoms with Crippen LogP contribution in [0.1, 0.15) is 50.7 Å². The first-order valence-electron chi connectivity index (χ1n) is 10.6. The van der Waals surface area contributed by atoms with E-state index in [2.05, 4.69) is 62.4 Å². The summed E-state index contributed by atoms with van der Waals surface area (Å²) in [4.78, 5) is 0. The standard InChI is InChI=1S/C26H26O2/c1-3-5-7-17-9-11-19-21-15-22-20-12-10-18(8-6-4-2)14-24(20)28-26(22)16-25(21)27-23(19)13-17/h9-16H,3-8H2,1-2H3. The summed E-state index contributed by atoms with van der Waals surface area (Å²) < 4.78 is 12.4. The Morgan fingerprint density at radius 3 is 1.46 bits per heavy atom. The third-order valence-electron chi connectivity index (χ3n) is 5.83. The predicted octanol–water partition coefficient (Wildman–Crippen LogP) is 8.17. The molecule has 28 heavy (non-hydrogen) atoms. The lowest BCUT2D eigenvalue weighted by Crippen LogP contribution is -1.83. The van der Waals surface area contributed by atoms with Crippen molar-refractivity contribution in [3.05, 3.63) is 59.7 Å². The van der Waals surface area contributed by atoms with E-state index in [1.54, 1.807) is 0 Å². The van der Waals surface area contributed by atoms with Crippen LogP contribution in [0.2, 0.25) is 0 Å². The number of benzene rings is 3. The van der Waals surface area contributed by atoms with E-state index in [-0.39, 0.29) is 0 Å². The van der Waals surface area contributed by atoms with Crippen LogP contribution < -0.4 is 0 Å². The van der Waals surface area contributed by atoms with E-state index >= 15 is 0 Å². The number of hydrogen-bond acceptors (Lipinski definition) is 2. The zero-order chi connectivity index (χ0) is 19.1. The van der Waals surface area contributed by atoms with Crippen molar-refractivity contribution < 1.29 is 8.83 Å². The summed E-state index contributed by atoms with van der Waals surface area (Å²) in [7, 11) is 0. The first-order chi connectivity index (χ1) is 13.8. The van der Waals surface area contributed by atoms with Gasteiger partial charge in [-0.25, -0.2) is 0 Å². The number of hydrogen-bond donors (Lipinski definition) is 0. The molecule has 0 bridgehead atoms. The van der Waals surface area contributed by atoms with Crippen molar-refractivity contribution in [2.24, 2.45) is 0 Å². The predicted molar refractivity (Wildman–Crippen MR) is 118 cm³/mol. The normalized spacial score (nSPS) is 12.1. The van der Waals surface area contributed by atoms with E-state index in [1.807, 2.05) is 0 Å². The Morgan fingerprint density at radius 1 is 0.536 bits per heavy atom. The lowest BCUT2D eigenvalue weighted by Gasteiger charge is -1.99. The molecule has 3 aromatic carbocycles. The molecule has 2 nitrogen and oxygen atoms in total. The first kappa shape index (κ1) is 17.4. The molecule has 0 N–H and O–H groups in total. The Bertz CT molecular complexity index is 1190. The van der Waals surface area contributed by atoms with Crippen LogP contribution in [-0.4, -0.2) is 0 Å². The Morgan fingerprint density at radius 2 is 1.00 bits per heavy atom. The maximum Gasteiger partial charge on any atom is 0.139 e. The van der Waals surface area contributed by atoms with Crippen molar-refractivity contribution in [1.82, 2.24) is 0 Å². The molecule has 5 rings (SSSR count). The molecule has 0 spiro atoms. The van der Waals surface area contributed by atoms with Crippen LogP contribution in [0, 0.1) is 0 Å². The topological polar surface area (TPSA) is 26.3 Å². The van der Waals surface area contributed by atoms with Gasteiger partial charge in [-0.05, 0) is 55.0 Å². The number of rotatable bonds is 6. The fourth-order valence-electron chi connectivity index (χ4n) is 4.21. The van der Waals surface area contributed by atoms with Gasteiger partial charge in [-0.2, -0.15) is 0 Å². The molecular formula is C26H26O2. The molecule has 2 heteroatoms. The van der Waals surface area contributed by atoms with Crippen LogP contribution in [-0.2, 0) is 12.8 Å². The monoisotopic (exact) mass is 370 g/mol. The number of aryl methyl sites for hydroxylation is 2. The van der Waals surface area contributed by atoms with Crippen LogP contribution in [0.5, 0.6) is 0 Å². The van der Waals surface area contributed by atoms with Gasteiger partial charge in [-0.1, -0.05) is 51.0 Å². The number of furan rings is 2. The number of unbranched alkanes of at least 4 members (excludes halogenated alkanes) is 2. The van der Waals surface area contributed by atoms with Gasteiger partial charge in [-0.15, -0.1) is 0 Å². The Hall–Kier alpha value is -2.74. The Kier molecular flexibility index (Phi) is 4.35. The largest absolute Gasteiger partial charge is 0.456 e. The first-order valence-corrected chi connectivity index (χ1v) is 10.6. The molecule has 2 heterocycles. The molecule has 0 aliphatic heterocycles. The van der Waals surface area contributed by atoms with Crippen LogP contribution >= 0.6 is 0 Å². The van der Waals surface area contributed by atoms with Crippen molar-refractivity contribution in [3.63, 3.8) is 0 Å². The second-order valence-electron chi connectivity index (χ2n) is 7.92. The van der Waals surface area contributed by atoms with Gasteiger partial charge in [0.2, 0.25) is 0 Å². The minimum Gasteiger partial charge on any atom is -0.456 e. The van der Waals surface area contributed by atoms with E-state index in [4.69, 9.17) is 8.83 Å². The summed E-state index contributed by atoms with van der Waals surface area (Å²) in [6, 6.07) is 17.6. The molecule has 2 aromatic heterocycles. The van der Waals surface area contributed by atoms with Gasteiger partial charge in [0.25, 0.3) is 0 Å². The van der Waals surface area contributed by atoms with Gasteiger partial charge in [0.1, 0.15) is 22.3 Å². The summed E-state index contributed by atoms with van der Waals surface area (Å²) in [5.41, 5.74) is 6.45. The molecule has 142 valence electrons. The maximum atomic E-state index is 6.19. The van der Waals surface area contributed by atoms with Crippen LogP contribution in [0.3, 0.4) is 0 Å². The molecular weight excluding hydrogens is 344 g/mol. The summed E-state index contributed by atoms with van der Waals surface area (Å²) in [6.07, 6.45) is 7.06. The molecule has 0 unspecified atom stereocenters. The summed E-state index contributed by atoms with van der Waals surface area (Å²) in [6.45, 7) is 4.46. The van der Waals surface area contributed by atoms with Crippen molar-refractivity contribution in [2.75, 3.05) is 0 Å². The summed E-state index contributed by atoms with van der Waals surface area (Å²) in [5.74, 6) is 0. The lowest BCUT2D eigenvalue weighted by molar-refractivity contribution is 0.655. The van der Waals surface area contributed by atoms with E-state index in [9.17, 15) is 0 Å². The zero-order valence-corrected chi connectivity index (χ0v) is 16.7. The minimum atomic E-state index is 0.903. The third-order valence-corrected chi connectivity index (χ3v) is 5.83. The van der Waals surface area contributed by atoms with Gasteiger partial charge < -0.3 is 8.83 Å². The smallest absolute Gasteiger partial charge is 0.139 e. The highest BCUT2D eigenvalue weighted by Crippen LogP contribution is 2.37. The van der Waals surface area contributed by atoms with Crippen molar-refractivity contribution in [2.45, 2.75) is 52.4 Å².